The van der Waals surface area contributed by atoms with Gasteiger partial charge in [0.2, 0.25) is 5.82 Å². The Balaban J connectivity index is 2.56. The molecule has 0 fully saturated rings. The topological polar surface area (TPSA) is 64.4 Å². The van der Waals surface area contributed by atoms with Crippen LogP contribution in [0.1, 0.15) is 23.1 Å². The number of benzene rings is 1. The summed E-state index contributed by atoms with van der Waals surface area (Å²) in [7, 11) is 3.04. The van der Waals surface area contributed by atoms with Crippen molar-refractivity contribution in [1.82, 2.24) is 9.97 Å². The predicted octanol–water partition coefficient (Wildman–Crippen LogP) is 1.86. The van der Waals surface area contributed by atoms with Gasteiger partial charge in [0.05, 0.1) is 12.6 Å². The highest BCUT2D eigenvalue weighted by molar-refractivity contribution is 6.01. The largest absolute Gasteiger partial charge is 0.463 e. The molecule has 0 amide bonds. The first kappa shape index (κ1) is 12.2. The molecule has 1 heterocycles. The number of carbonyl (C=O) groups is 1. The van der Waals surface area contributed by atoms with E-state index in [-0.39, 0.29) is 5.82 Å². The number of esters is 1. The average Bonchev–Trinajstić information content (AvgIpc) is 2.44. The van der Waals surface area contributed by atoms with E-state index in [1.807, 2.05) is 25.1 Å². The summed E-state index contributed by atoms with van der Waals surface area (Å²) in [5, 5.41) is 0.871. The highest BCUT2D eigenvalue weighted by atomic mass is 16.5. The molecule has 0 aliphatic heterocycles. The second-order valence-corrected chi connectivity index (χ2v) is 3.77. The molecule has 0 saturated heterocycles. The molecule has 0 aliphatic carbocycles. The zero-order chi connectivity index (χ0) is 13.1. The van der Waals surface area contributed by atoms with Gasteiger partial charge in [0, 0.05) is 24.3 Å². The zero-order valence-electron chi connectivity index (χ0n) is 10.5. The smallest absolute Gasteiger partial charge is 0.376 e. The van der Waals surface area contributed by atoms with Gasteiger partial charge in [-0.15, -0.1) is 0 Å². The van der Waals surface area contributed by atoms with Crippen LogP contribution in [0.15, 0.2) is 29.4 Å². The van der Waals surface area contributed by atoms with Crippen LogP contribution in [0.25, 0.3) is 10.9 Å². The predicted molar refractivity (Wildman–Crippen MR) is 69.0 cm³/mol. The minimum atomic E-state index is -0.539. The van der Waals surface area contributed by atoms with Gasteiger partial charge >= 0.3 is 5.97 Å². The van der Waals surface area contributed by atoms with E-state index in [0.717, 1.165) is 16.7 Å². The van der Waals surface area contributed by atoms with E-state index in [4.69, 9.17) is 0 Å². The van der Waals surface area contributed by atoms with Crippen molar-refractivity contribution in [2.45, 2.75) is 6.92 Å². The molecule has 0 saturated carbocycles. The number of methoxy groups -OCH3 is 1. The van der Waals surface area contributed by atoms with Crippen molar-refractivity contribution in [1.29, 1.82) is 0 Å². The van der Waals surface area contributed by atoms with Crippen LogP contribution in [0.3, 0.4) is 0 Å². The molecule has 0 N–H and O–H groups in total. The van der Waals surface area contributed by atoms with E-state index in [1.165, 1.54) is 7.11 Å². The highest BCUT2D eigenvalue weighted by Crippen LogP contribution is 2.14. The van der Waals surface area contributed by atoms with Gasteiger partial charge < -0.3 is 4.74 Å². The fourth-order valence-electron chi connectivity index (χ4n) is 1.57. The van der Waals surface area contributed by atoms with Crippen LogP contribution in [0, 0.1) is 0 Å². The number of hydrogen-bond acceptors (Lipinski definition) is 5. The monoisotopic (exact) mass is 243 g/mol. The summed E-state index contributed by atoms with van der Waals surface area (Å²) < 4.78 is 4.60. The summed E-state index contributed by atoms with van der Waals surface area (Å²) in [6.07, 6.45) is 1.61. The number of rotatable bonds is 2. The van der Waals surface area contributed by atoms with Gasteiger partial charge in [0.1, 0.15) is 0 Å². The fraction of sp³-hybridized carbons (Fsp3) is 0.231. The lowest BCUT2D eigenvalue weighted by Gasteiger charge is -2.03. The lowest BCUT2D eigenvalue weighted by Crippen LogP contribution is -2.07. The van der Waals surface area contributed by atoms with Crippen LogP contribution in [-0.2, 0) is 4.74 Å². The van der Waals surface area contributed by atoms with Crippen LogP contribution in [0.2, 0.25) is 0 Å². The zero-order valence-corrected chi connectivity index (χ0v) is 10.5. The SMILES string of the molecule is CN=C(C)c1ccc2cnc(C(=O)OC)nc2c1. The van der Waals surface area contributed by atoms with Gasteiger partial charge in [-0.2, -0.15) is 0 Å². The fourth-order valence-corrected chi connectivity index (χ4v) is 1.57. The lowest BCUT2D eigenvalue weighted by atomic mass is 10.1. The Morgan fingerprint density at radius 3 is 2.83 bits per heavy atom. The van der Waals surface area contributed by atoms with Crippen molar-refractivity contribution in [2.75, 3.05) is 14.2 Å². The van der Waals surface area contributed by atoms with Gasteiger partial charge in [-0.25, -0.2) is 14.8 Å². The van der Waals surface area contributed by atoms with Crippen molar-refractivity contribution >= 4 is 22.6 Å². The number of aliphatic imine (C=N–C) groups is 1. The first-order valence-electron chi connectivity index (χ1n) is 5.44. The van der Waals surface area contributed by atoms with Crippen molar-refractivity contribution < 1.29 is 9.53 Å². The molecular formula is C13H13N3O2. The molecule has 92 valence electrons. The minimum Gasteiger partial charge on any atom is -0.463 e. The summed E-state index contributed by atoms with van der Waals surface area (Å²) >= 11 is 0. The maximum Gasteiger partial charge on any atom is 0.376 e. The quantitative estimate of drug-likeness (QED) is 0.596. The Bertz CT molecular complexity index is 635. The van der Waals surface area contributed by atoms with Gasteiger partial charge in [0.25, 0.3) is 0 Å². The average molecular weight is 243 g/mol. The maximum atomic E-state index is 11.4. The second kappa shape index (κ2) is 4.91. The van der Waals surface area contributed by atoms with Crippen molar-refractivity contribution in [2.24, 2.45) is 4.99 Å². The first-order chi connectivity index (χ1) is 8.65. The number of hydrogen-bond donors (Lipinski definition) is 0. The van der Waals surface area contributed by atoms with E-state index in [2.05, 4.69) is 19.7 Å². The van der Waals surface area contributed by atoms with Crippen molar-refractivity contribution in [3.8, 4) is 0 Å². The summed E-state index contributed by atoms with van der Waals surface area (Å²) in [6, 6.07) is 5.73. The Morgan fingerprint density at radius 1 is 1.39 bits per heavy atom. The Hall–Kier alpha value is -2.30. The summed E-state index contributed by atoms with van der Waals surface area (Å²) in [4.78, 5) is 23.6. The van der Waals surface area contributed by atoms with E-state index in [9.17, 15) is 4.79 Å². The number of fused-ring (bicyclic) bond motifs is 1. The number of ether oxygens (including phenoxy) is 1. The molecule has 0 spiro atoms. The molecular weight excluding hydrogens is 230 g/mol. The van der Waals surface area contributed by atoms with E-state index < -0.39 is 5.97 Å². The van der Waals surface area contributed by atoms with E-state index in [0.29, 0.717) is 5.52 Å². The van der Waals surface area contributed by atoms with Crippen LogP contribution in [0.4, 0.5) is 0 Å². The molecule has 1 aromatic heterocycles. The molecule has 0 atom stereocenters. The van der Waals surface area contributed by atoms with Gasteiger partial charge in [-0.3, -0.25) is 4.99 Å². The second-order valence-electron chi connectivity index (χ2n) is 3.77. The molecule has 2 rings (SSSR count). The molecule has 5 nitrogen and oxygen atoms in total. The third-order valence-corrected chi connectivity index (χ3v) is 2.70. The summed E-state index contributed by atoms with van der Waals surface area (Å²) in [6.45, 7) is 1.92. The molecule has 0 unspecified atom stereocenters. The molecule has 18 heavy (non-hydrogen) atoms. The van der Waals surface area contributed by atoms with Crippen LogP contribution < -0.4 is 0 Å². The Labute approximate surface area is 105 Å². The van der Waals surface area contributed by atoms with Gasteiger partial charge in [-0.1, -0.05) is 12.1 Å². The third-order valence-electron chi connectivity index (χ3n) is 2.70. The molecule has 0 bridgehead atoms. The highest BCUT2D eigenvalue weighted by Gasteiger charge is 2.10. The Morgan fingerprint density at radius 2 is 2.17 bits per heavy atom. The van der Waals surface area contributed by atoms with Gasteiger partial charge in [-0.05, 0) is 18.6 Å². The summed E-state index contributed by atoms with van der Waals surface area (Å²) in [5.74, 6) is -0.476. The standard InChI is InChI=1S/C13H13N3O2/c1-8(14-2)9-4-5-10-7-15-12(13(17)18-3)16-11(10)6-9/h4-7H,1-3H3. The first-order valence-corrected chi connectivity index (χ1v) is 5.44. The van der Waals surface area contributed by atoms with E-state index in [1.54, 1.807) is 13.2 Å². The third kappa shape index (κ3) is 2.20. The number of carbonyl (C=O) groups excluding carboxylic acids is 1. The maximum absolute atomic E-state index is 11.4. The van der Waals surface area contributed by atoms with Crippen LogP contribution in [0.5, 0.6) is 0 Å². The molecule has 0 radical (unpaired) electrons. The summed E-state index contributed by atoms with van der Waals surface area (Å²) in [5.41, 5.74) is 2.58. The minimum absolute atomic E-state index is 0.0632. The molecule has 2 aromatic rings. The number of aromatic nitrogens is 2. The van der Waals surface area contributed by atoms with Crippen molar-refractivity contribution in [3.05, 3.63) is 35.8 Å². The number of nitrogens with zero attached hydrogens (tertiary/aromatic N) is 3. The van der Waals surface area contributed by atoms with E-state index >= 15 is 0 Å². The molecule has 5 heteroatoms. The van der Waals surface area contributed by atoms with Crippen LogP contribution >= 0.6 is 0 Å². The molecule has 1 aromatic carbocycles. The van der Waals surface area contributed by atoms with Crippen molar-refractivity contribution in [3.63, 3.8) is 0 Å². The molecule has 0 aliphatic rings. The van der Waals surface area contributed by atoms with Crippen LogP contribution in [-0.4, -0.2) is 35.8 Å². The van der Waals surface area contributed by atoms with Gasteiger partial charge in [0.15, 0.2) is 0 Å². The normalized spacial score (nSPS) is 11.6. The Kier molecular flexibility index (Phi) is 3.32. The lowest BCUT2D eigenvalue weighted by molar-refractivity contribution is 0.0587.